The highest BCUT2D eigenvalue weighted by atomic mass is 32.2. The first kappa shape index (κ1) is 16.0. The second kappa shape index (κ2) is 7.04. The number of benzene rings is 1. The predicted molar refractivity (Wildman–Crippen MR) is 86.5 cm³/mol. The quantitative estimate of drug-likeness (QED) is 0.824. The Morgan fingerprint density at radius 2 is 1.95 bits per heavy atom. The first-order chi connectivity index (χ1) is 10.5. The number of H-pyrrole nitrogens is 1. The number of anilines is 1. The second-order valence-corrected chi connectivity index (χ2v) is 5.46. The van der Waals surface area contributed by atoms with Crippen LogP contribution in [0, 0.1) is 0 Å². The number of hydrogen-bond acceptors (Lipinski definition) is 5. The number of rotatable bonds is 5. The predicted octanol–water partition coefficient (Wildman–Crippen LogP) is 2.09. The lowest BCUT2D eigenvalue weighted by atomic mass is 10.1. The lowest BCUT2D eigenvalue weighted by Crippen LogP contribution is -2.20. The molecule has 0 atom stereocenters. The molecule has 2 N–H and O–H groups in total. The molecule has 1 amide bonds. The van der Waals surface area contributed by atoms with E-state index >= 15 is 0 Å². The molecule has 2 rings (SSSR count). The molecule has 0 aliphatic heterocycles. The molecular formula is C15H15N3O3S. The fourth-order valence-electron chi connectivity index (χ4n) is 1.81. The number of carbonyl (C=O) groups excluding carboxylic acids is 2. The highest BCUT2D eigenvalue weighted by Gasteiger charge is 2.11. The van der Waals surface area contributed by atoms with Gasteiger partial charge in [-0.15, -0.1) is 0 Å². The second-order valence-electron chi connectivity index (χ2n) is 4.60. The van der Waals surface area contributed by atoms with Gasteiger partial charge in [-0.25, -0.2) is 4.98 Å². The Kier molecular flexibility index (Phi) is 5.11. The van der Waals surface area contributed by atoms with Crippen LogP contribution >= 0.6 is 11.8 Å². The summed E-state index contributed by atoms with van der Waals surface area (Å²) in [6, 6.07) is 7.67. The van der Waals surface area contributed by atoms with Gasteiger partial charge in [0.2, 0.25) is 0 Å². The summed E-state index contributed by atoms with van der Waals surface area (Å²) in [5.41, 5.74) is 0.789. The van der Waals surface area contributed by atoms with Gasteiger partial charge in [-0.05, 0) is 37.4 Å². The smallest absolute Gasteiger partial charge is 0.274 e. The molecule has 1 aromatic heterocycles. The molecule has 2 aromatic rings. The third-order valence-corrected chi connectivity index (χ3v) is 3.42. The van der Waals surface area contributed by atoms with Crippen LogP contribution in [0.15, 0.2) is 35.1 Å². The Hall–Kier alpha value is -2.41. The first-order valence-electron chi connectivity index (χ1n) is 6.51. The van der Waals surface area contributed by atoms with E-state index in [0.29, 0.717) is 22.8 Å². The summed E-state index contributed by atoms with van der Waals surface area (Å²) in [5.74, 6) is 0.459. The van der Waals surface area contributed by atoms with Gasteiger partial charge in [0.15, 0.2) is 5.78 Å². The topological polar surface area (TPSA) is 91.9 Å². The largest absolute Gasteiger partial charge is 0.321 e. The highest BCUT2D eigenvalue weighted by molar-refractivity contribution is 7.97. The molecule has 7 heteroatoms. The number of carbonyl (C=O) groups is 2. The van der Waals surface area contributed by atoms with Crippen LogP contribution in [0.1, 0.15) is 33.6 Å². The highest BCUT2D eigenvalue weighted by Crippen LogP contribution is 2.11. The van der Waals surface area contributed by atoms with Gasteiger partial charge in [-0.1, -0.05) is 0 Å². The molecule has 22 heavy (non-hydrogen) atoms. The Morgan fingerprint density at radius 3 is 2.55 bits per heavy atom. The van der Waals surface area contributed by atoms with Crippen LogP contribution in [0.25, 0.3) is 0 Å². The van der Waals surface area contributed by atoms with Gasteiger partial charge in [0.25, 0.3) is 11.5 Å². The molecule has 0 saturated heterocycles. The number of Topliss-reactive ketones (excluding diaryl/α,β-unsaturated/α-hetero) is 1. The Balaban J connectivity index is 2.18. The molecule has 1 aromatic carbocycles. The van der Waals surface area contributed by atoms with E-state index in [1.54, 1.807) is 24.3 Å². The Bertz CT molecular complexity index is 753. The maximum absolute atomic E-state index is 12.1. The van der Waals surface area contributed by atoms with Crippen molar-refractivity contribution in [2.75, 3.05) is 11.6 Å². The zero-order valence-corrected chi connectivity index (χ0v) is 13.0. The summed E-state index contributed by atoms with van der Waals surface area (Å²) >= 11 is 1.50. The number of aromatic nitrogens is 2. The molecule has 1 heterocycles. The fraction of sp³-hybridized carbons (Fsp3) is 0.200. The van der Waals surface area contributed by atoms with Crippen LogP contribution in [0.4, 0.5) is 5.69 Å². The van der Waals surface area contributed by atoms with E-state index in [0.717, 1.165) is 6.07 Å². The van der Waals surface area contributed by atoms with Crippen LogP contribution in [0.3, 0.4) is 0 Å². The third kappa shape index (κ3) is 4.05. The maximum Gasteiger partial charge on any atom is 0.274 e. The minimum absolute atomic E-state index is 0.0455. The number of nitrogens with one attached hydrogen (secondary N) is 2. The van der Waals surface area contributed by atoms with E-state index in [1.165, 1.54) is 18.7 Å². The number of aromatic amines is 1. The van der Waals surface area contributed by atoms with E-state index in [2.05, 4.69) is 15.3 Å². The molecule has 6 nitrogen and oxygen atoms in total. The molecule has 0 spiro atoms. The molecule has 114 valence electrons. The van der Waals surface area contributed by atoms with Crippen molar-refractivity contribution in [2.45, 2.75) is 12.7 Å². The van der Waals surface area contributed by atoms with Crippen molar-refractivity contribution >= 4 is 29.1 Å². The average molecular weight is 317 g/mol. The van der Waals surface area contributed by atoms with E-state index in [9.17, 15) is 14.4 Å². The van der Waals surface area contributed by atoms with Crippen LogP contribution in [-0.2, 0) is 5.75 Å². The lowest BCUT2D eigenvalue weighted by molar-refractivity contribution is 0.101. The van der Waals surface area contributed by atoms with Crippen molar-refractivity contribution in [3.8, 4) is 0 Å². The van der Waals surface area contributed by atoms with Crippen molar-refractivity contribution < 1.29 is 9.59 Å². The van der Waals surface area contributed by atoms with E-state index in [-0.39, 0.29) is 17.0 Å². The molecule has 0 unspecified atom stereocenters. The van der Waals surface area contributed by atoms with Crippen LogP contribution in [0.2, 0.25) is 0 Å². The van der Waals surface area contributed by atoms with Gasteiger partial charge in [-0.3, -0.25) is 14.4 Å². The van der Waals surface area contributed by atoms with Gasteiger partial charge in [0, 0.05) is 17.3 Å². The van der Waals surface area contributed by atoms with Crippen molar-refractivity contribution in [2.24, 2.45) is 0 Å². The van der Waals surface area contributed by atoms with Gasteiger partial charge in [-0.2, -0.15) is 11.8 Å². The molecule has 0 aliphatic rings. The number of nitrogens with zero attached hydrogens (tertiary/aromatic N) is 1. The first-order valence-corrected chi connectivity index (χ1v) is 7.90. The summed E-state index contributed by atoms with van der Waals surface area (Å²) in [4.78, 5) is 41.6. The van der Waals surface area contributed by atoms with Crippen LogP contribution in [0.5, 0.6) is 0 Å². The molecule has 0 fully saturated rings. The molecule has 0 saturated carbocycles. The molecule has 0 radical (unpaired) electrons. The zero-order chi connectivity index (χ0) is 16.1. The van der Waals surface area contributed by atoms with Gasteiger partial charge in [0.1, 0.15) is 11.5 Å². The minimum Gasteiger partial charge on any atom is -0.321 e. The van der Waals surface area contributed by atoms with Crippen molar-refractivity contribution in [3.05, 3.63) is 57.8 Å². The average Bonchev–Trinajstić information content (AvgIpc) is 2.47. The van der Waals surface area contributed by atoms with Crippen molar-refractivity contribution in [1.82, 2.24) is 9.97 Å². The SMILES string of the molecule is CSCc1nc(C(=O)Nc2ccc(C(C)=O)cc2)cc(=O)[nH]1. The number of thioether (sulfide) groups is 1. The Labute approximate surface area is 131 Å². The van der Waals surface area contributed by atoms with Crippen LogP contribution < -0.4 is 10.9 Å². The lowest BCUT2D eigenvalue weighted by Gasteiger charge is -2.06. The monoisotopic (exact) mass is 317 g/mol. The number of amides is 1. The maximum atomic E-state index is 12.1. The zero-order valence-electron chi connectivity index (χ0n) is 12.2. The standard InChI is InChI=1S/C15H15N3O3S/c1-9(19)10-3-5-11(6-4-10)16-15(21)12-7-14(20)18-13(17-12)8-22-2/h3-7H,8H2,1-2H3,(H,16,21)(H,17,18,20). The van der Waals surface area contributed by atoms with Gasteiger partial charge < -0.3 is 10.3 Å². The van der Waals surface area contributed by atoms with E-state index in [4.69, 9.17) is 0 Å². The van der Waals surface area contributed by atoms with Crippen molar-refractivity contribution in [1.29, 1.82) is 0 Å². The number of ketones is 1. The summed E-state index contributed by atoms with van der Waals surface area (Å²) < 4.78 is 0. The normalized spacial score (nSPS) is 10.3. The van der Waals surface area contributed by atoms with Gasteiger partial charge in [0.05, 0.1) is 5.75 Å². The summed E-state index contributed by atoms with van der Waals surface area (Å²) in [6.45, 7) is 1.47. The molecule has 0 aliphatic carbocycles. The summed E-state index contributed by atoms with van der Waals surface area (Å²) in [5, 5.41) is 2.65. The number of hydrogen-bond donors (Lipinski definition) is 2. The fourth-order valence-corrected chi connectivity index (χ4v) is 2.22. The summed E-state index contributed by atoms with van der Waals surface area (Å²) in [6.07, 6.45) is 1.88. The molecule has 0 bridgehead atoms. The van der Waals surface area contributed by atoms with Crippen LogP contribution in [-0.4, -0.2) is 27.9 Å². The third-order valence-electron chi connectivity index (χ3n) is 2.85. The minimum atomic E-state index is -0.468. The molecular weight excluding hydrogens is 302 g/mol. The Morgan fingerprint density at radius 1 is 1.27 bits per heavy atom. The van der Waals surface area contributed by atoms with E-state index in [1.807, 2.05) is 6.26 Å². The van der Waals surface area contributed by atoms with Crippen molar-refractivity contribution in [3.63, 3.8) is 0 Å². The van der Waals surface area contributed by atoms with Gasteiger partial charge >= 0.3 is 0 Å². The van der Waals surface area contributed by atoms with E-state index < -0.39 is 5.91 Å². The summed E-state index contributed by atoms with van der Waals surface area (Å²) in [7, 11) is 0.